The van der Waals surface area contributed by atoms with Gasteiger partial charge >= 0.3 is 6.09 Å². The number of amides is 3. The minimum atomic E-state index is -0.867. The molecule has 2 atom stereocenters. The Morgan fingerprint density at radius 2 is 1.62 bits per heavy atom. The van der Waals surface area contributed by atoms with Crippen LogP contribution in [-0.2, 0) is 20.7 Å². The molecule has 1 saturated carbocycles. The van der Waals surface area contributed by atoms with Crippen LogP contribution in [0, 0.1) is 5.92 Å². The summed E-state index contributed by atoms with van der Waals surface area (Å²) >= 11 is 0. The number of anilines is 1. The zero-order valence-electron chi connectivity index (χ0n) is 24.2. The number of nitrogens with one attached hydrogen (secondary N) is 2. The van der Waals surface area contributed by atoms with Gasteiger partial charge in [-0.15, -0.1) is 0 Å². The van der Waals surface area contributed by atoms with E-state index in [0.717, 1.165) is 30.4 Å². The van der Waals surface area contributed by atoms with Gasteiger partial charge in [0.25, 0.3) is 5.91 Å². The second-order valence-corrected chi connectivity index (χ2v) is 11.5. The lowest BCUT2D eigenvalue weighted by Crippen LogP contribution is -2.53. The Kier molecular flexibility index (Phi) is 10.0. The largest absolute Gasteiger partial charge is 0.497 e. The van der Waals surface area contributed by atoms with Crippen LogP contribution in [0.4, 0.5) is 10.5 Å². The van der Waals surface area contributed by atoms with Crippen molar-refractivity contribution >= 4 is 23.6 Å². The van der Waals surface area contributed by atoms with Crippen molar-refractivity contribution in [1.82, 2.24) is 10.2 Å². The number of hydrogen-bond donors (Lipinski definition) is 2. The third-order valence-corrected chi connectivity index (χ3v) is 6.48. The molecule has 0 saturated heterocycles. The average Bonchev–Trinajstić information content (AvgIpc) is 3.71. The highest BCUT2D eigenvalue weighted by Crippen LogP contribution is 2.37. The van der Waals surface area contributed by atoms with Crippen LogP contribution in [0.2, 0.25) is 0 Å². The fraction of sp³-hybridized carbons (Fsp3) is 0.516. The van der Waals surface area contributed by atoms with Gasteiger partial charge in [0.2, 0.25) is 5.91 Å². The van der Waals surface area contributed by atoms with Crippen LogP contribution in [0.3, 0.4) is 0 Å². The first-order valence-electron chi connectivity index (χ1n) is 13.8. The van der Waals surface area contributed by atoms with Gasteiger partial charge < -0.3 is 25.0 Å². The first-order chi connectivity index (χ1) is 18.4. The number of methoxy groups -OCH3 is 1. The van der Waals surface area contributed by atoms with Gasteiger partial charge in [-0.3, -0.25) is 9.59 Å². The Balaban J connectivity index is 1.97. The molecule has 1 aliphatic carbocycles. The summed E-state index contributed by atoms with van der Waals surface area (Å²) in [6, 6.07) is 13.1. The van der Waals surface area contributed by atoms with Crippen molar-refractivity contribution in [2.45, 2.75) is 91.0 Å². The van der Waals surface area contributed by atoms with Crippen molar-refractivity contribution < 1.29 is 23.9 Å². The maximum absolute atomic E-state index is 14.2. The minimum absolute atomic E-state index is 0.0925. The van der Waals surface area contributed by atoms with Crippen molar-refractivity contribution in [3.63, 3.8) is 0 Å². The molecule has 2 unspecified atom stereocenters. The highest BCUT2D eigenvalue weighted by Gasteiger charge is 2.44. The number of nitrogens with zero attached hydrogens (tertiary/aromatic N) is 1. The fourth-order valence-electron chi connectivity index (χ4n) is 4.45. The Morgan fingerprint density at radius 1 is 1.00 bits per heavy atom. The molecular formula is C31H43N3O5. The van der Waals surface area contributed by atoms with Gasteiger partial charge in [0.05, 0.1) is 7.11 Å². The highest BCUT2D eigenvalue weighted by molar-refractivity contribution is 5.99. The Labute approximate surface area is 232 Å². The summed E-state index contributed by atoms with van der Waals surface area (Å²) in [5.74, 6) is 0.210. The summed E-state index contributed by atoms with van der Waals surface area (Å²) in [5.41, 5.74) is 1.76. The molecule has 3 rings (SSSR count). The van der Waals surface area contributed by atoms with E-state index in [9.17, 15) is 14.4 Å². The molecule has 212 valence electrons. The number of carbonyl (C=O) groups excluding carboxylic acids is 3. The van der Waals surface area contributed by atoms with Gasteiger partial charge in [-0.25, -0.2) is 4.79 Å². The van der Waals surface area contributed by atoms with E-state index in [-0.39, 0.29) is 23.8 Å². The van der Waals surface area contributed by atoms with Gasteiger partial charge in [-0.05, 0) is 87.8 Å². The first-order valence-corrected chi connectivity index (χ1v) is 13.8. The summed E-state index contributed by atoms with van der Waals surface area (Å²) in [6.45, 7) is 11.4. The van der Waals surface area contributed by atoms with E-state index in [2.05, 4.69) is 17.6 Å². The van der Waals surface area contributed by atoms with Crippen LogP contribution in [0.5, 0.6) is 5.75 Å². The zero-order valence-corrected chi connectivity index (χ0v) is 24.2. The Hall–Kier alpha value is -3.55. The normalized spacial score (nSPS) is 14.8. The Bertz CT molecular complexity index is 1120. The van der Waals surface area contributed by atoms with Gasteiger partial charge in [0.15, 0.2) is 0 Å². The molecule has 0 heterocycles. The van der Waals surface area contributed by atoms with Crippen LogP contribution in [0.25, 0.3) is 0 Å². The number of alkyl carbamates (subject to hydrolysis) is 1. The molecule has 0 spiro atoms. The van der Waals surface area contributed by atoms with Crippen molar-refractivity contribution in [3.8, 4) is 5.75 Å². The molecule has 2 N–H and O–H groups in total. The van der Waals surface area contributed by atoms with E-state index in [4.69, 9.17) is 9.47 Å². The molecule has 3 amide bonds. The molecule has 8 nitrogen and oxygen atoms in total. The summed E-state index contributed by atoms with van der Waals surface area (Å²) in [5, 5.41) is 5.79. The fourth-order valence-corrected chi connectivity index (χ4v) is 4.45. The standard InChI is InChI=1S/C31H43N3O5/c1-8-21-9-11-22(12-10-21)27(28(35)32-23-13-17-25(38-7)18-14-23)34(24-15-16-24)29(36)26(19-20(2)3)33-30(37)39-31(4,5)6/h9-14,17-18,20,24,26-27H,8,15-16,19H2,1-7H3,(H,32,35)(H,33,37). The van der Waals surface area contributed by atoms with Gasteiger partial charge in [-0.1, -0.05) is 45.0 Å². The number of rotatable bonds is 11. The van der Waals surface area contributed by atoms with Crippen molar-refractivity contribution in [2.75, 3.05) is 12.4 Å². The molecule has 0 bridgehead atoms. The lowest BCUT2D eigenvalue weighted by molar-refractivity contribution is -0.141. The number of carbonyl (C=O) groups is 3. The zero-order chi connectivity index (χ0) is 28.7. The lowest BCUT2D eigenvalue weighted by atomic mass is 9.98. The lowest BCUT2D eigenvalue weighted by Gasteiger charge is -2.35. The van der Waals surface area contributed by atoms with Crippen molar-refractivity contribution in [3.05, 3.63) is 59.7 Å². The molecule has 0 aliphatic heterocycles. The van der Waals surface area contributed by atoms with Crippen LogP contribution >= 0.6 is 0 Å². The second-order valence-electron chi connectivity index (χ2n) is 11.5. The van der Waals surface area contributed by atoms with Crippen LogP contribution < -0.4 is 15.4 Å². The predicted octanol–water partition coefficient (Wildman–Crippen LogP) is 5.87. The molecule has 1 fully saturated rings. The monoisotopic (exact) mass is 537 g/mol. The van der Waals surface area contributed by atoms with Crippen LogP contribution in [-0.4, -0.2) is 47.6 Å². The summed E-state index contributed by atoms with van der Waals surface area (Å²) < 4.78 is 10.7. The molecule has 0 radical (unpaired) electrons. The molecule has 1 aliphatic rings. The van der Waals surface area contributed by atoms with E-state index in [0.29, 0.717) is 17.9 Å². The molecule has 2 aromatic carbocycles. The number of ether oxygens (including phenoxy) is 2. The topological polar surface area (TPSA) is 97.0 Å². The number of hydrogen-bond acceptors (Lipinski definition) is 5. The smallest absolute Gasteiger partial charge is 0.408 e. The van der Waals surface area contributed by atoms with Gasteiger partial charge in [-0.2, -0.15) is 0 Å². The predicted molar refractivity (Wildman–Crippen MR) is 153 cm³/mol. The van der Waals surface area contributed by atoms with E-state index >= 15 is 0 Å². The van der Waals surface area contributed by atoms with Crippen LogP contribution in [0.15, 0.2) is 48.5 Å². The van der Waals surface area contributed by atoms with Gasteiger partial charge in [0.1, 0.15) is 23.4 Å². The summed E-state index contributed by atoms with van der Waals surface area (Å²) in [4.78, 5) is 42.5. The minimum Gasteiger partial charge on any atom is -0.497 e. The maximum Gasteiger partial charge on any atom is 0.408 e. The van der Waals surface area contributed by atoms with Crippen molar-refractivity contribution in [2.24, 2.45) is 5.92 Å². The third kappa shape index (κ3) is 8.73. The molecular weight excluding hydrogens is 494 g/mol. The van der Waals surface area contributed by atoms with Gasteiger partial charge in [0, 0.05) is 11.7 Å². The van der Waals surface area contributed by atoms with E-state index in [1.165, 1.54) is 0 Å². The van der Waals surface area contributed by atoms with Crippen LogP contribution in [0.1, 0.15) is 78.0 Å². The molecule has 2 aromatic rings. The van der Waals surface area contributed by atoms with E-state index in [1.54, 1.807) is 57.0 Å². The number of benzene rings is 2. The first kappa shape index (κ1) is 30.0. The summed E-state index contributed by atoms with van der Waals surface area (Å²) in [6.07, 6.45) is 2.23. The molecule has 39 heavy (non-hydrogen) atoms. The average molecular weight is 538 g/mol. The second kappa shape index (κ2) is 13.0. The third-order valence-electron chi connectivity index (χ3n) is 6.48. The quantitative estimate of drug-likeness (QED) is 0.374. The molecule has 0 aromatic heterocycles. The SMILES string of the molecule is CCc1ccc(C(C(=O)Nc2ccc(OC)cc2)N(C(=O)C(CC(C)C)NC(=O)OC(C)(C)C)C2CC2)cc1. The summed E-state index contributed by atoms with van der Waals surface area (Å²) in [7, 11) is 1.58. The maximum atomic E-state index is 14.2. The van der Waals surface area contributed by atoms with Crippen molar-refractivity contribution in [1.29, 1.82) is 0 Å². The number of aryl methyl sites for hydroxylation is 1. The molecule has 8 heteroatoms. The van der Waals surface area contributed by atoms with E-state index in [1.807, 2.05) is 38.1 Å². The Morgan fingerprint density at radius 3 is 2.10 bits per heavy atom. The van der Waals surface area contributed by atoms with E-state index < -0.39 is 23.8 Å². The highest BCUT2D eigenvalue weighted by atomic mass is 16.6.